The molecule has 0 bridgehead atoms. The van der Waals surface area contributed by atoms with Crippen molar-refractivity contribution >= 4 is 104 Å². The first-order valence-electron chi connectivity index (χ1n) is 7.68. The number of methoxy groups -OCH3 is 1. The zero-order valence-electron chi connectivity index (χ0n) is 15.0. The molecule has 2 aromatic carbocycles. The monoisotopic (exact) mass is 674 g/mol. The molecule has 1 N–H and O–H groups in total. The molecule has 0 aliphatic carbocycles. The van der Waals surface area contributed by atoms with E-state index in [0.717, 1.165) is 16.5 Å². The lowest BCUT2D eigenvalue weighted by atomic mass is 10.0. The number of alkyl halides is 1. The van der Waals surface area contributed by atoms with Crippen LogP contribution in [0.25, 0.3) is 21.2 Å². The van der Waals surface area contributed by atoms with Crippen molar-refractivity contribution in [2.24, 2.45) is 0 Å². The lowest BCUT2D eigenvalue weighted by molar-refractivity contribution is 0.0937. The number of ether oxygens (including phenoxy) is 1. The van der Waals surface area contributed by atoms with E-state index in [1.807, 2.05) is 24.3 Å². The number of halogens is 4. The summed E-state index contributed by atoms with van der Waals surface area (Å²) in [6, 6.07) is 16.3. The van der Waals surface area contributed by atoms with E-state index in [1.165, 1.54) is 15.0 Å². The molecule has 0 fully saturated rings. The smallest absolute Gasteiger partial charge is 0.251 e. The first-order valence-corrected chi connectivity index (χ1v) is 9.61. The summed E-state index contributed by atoms with van der Waals surface area (Å²) in [5, 5.41) is 4.95. The first kappa shape index (κ1) is 30.4. The van der Waals surface area contributed by atoms with Crippen LogP contribution in [0.2, 0.25) is 0 Å². The number of amides is 1. The van der Waals surface area contributed by atoms with Gasteiger partial charge in [-0.05, 0) is 34.7 Å². The van der Waals surface area contributed by atoms with Crippen molar-refractivity contribution in [2.45, 2.75) is 5.33 Å². The van der Waals surface area contributed by atoms with Gasteiger partial charge in [-0.15, -0.1) is 62.3 Å². The third kappa shape index (κ3) is 7.46. The van der Waals surface area contributed by atoms with Crippen LogP contribution in [0.3, 0.4) is 0 Å². The van der Waals surface area contributed by atoms with E-state index in [9.17, 15) is 4.79 Å². The van der Waals surface area contributed by atoms with Crippen molar-refractivity contribution < 1.29 is 9.53 Å². The molecule has 0 aliphatic heterocycles. The van der Waals surface area contributed by atoms with Gasteiger partial charge in [0.05, 0.1) is 6.61 Å². The minimum Gasteiger partial charge on any atom is -0.383 e. The van der Waals surface area contributed by atoms with Crippen molar-refractivity contribution in [3.05, 3.63) is 59.0 Å². The SMILES string of the molecule is Br.Br.Br.COCCNC(=O)c1cccc(-c2cccc3cc(CBr)sc23)c1.[P]. The van der Waals surface area contributed by atoms with E-state index >= 15 is 0 Å². The highest BCUT2D eigenvalue weighted by atomic mass is 79.9. The van der Waals surface area contributed by atoms with Gasteiger partial charge in [-0.25, -0.2) is 0 Å². The number of benzene rings is 2. The standard InChI is InChI=1S/C19H18BrNO2S.3BrH.P/c1-23-9-8-21-19(22)15-6-2-4-13(10-15)17-7-3-5-14-11-16(12-20)24-18(14)17;;;;/h2-7,10-11H,8-9,12H2,1H3,(H,21,22);3*1H;. The Bertz CT molecular complexity index is 876. The van der Waals surface area contributed by atoms with Gasteiger partial charge in [0, 0.05) is 44.0 Å². The second-order valence-electron chi connectivity index (χ2n) is 5.40. The Morgan fingerprint density at radius 3 is 2.50 bits per heavy atom. The van der Waals surface area contributed by atoms with Gasteiger partial charge in [-0.3, -0.25) is 4.79 Å². The van der Waals surface area contributed by atoms with Crippen LogP contribution in [0.1, 0.15) is 15.2 Å². The maximum Gasteiger partial charge on any atom is 0.251 e. The van der Waals surface area contributed by atoms with E-state index in [1.54, 1.807) is 18.4 Å². The summed E-state index contributed by atoms with van der Waals surface area (Å²) in [5.41, 5.74) is 2.89. The molecule has 1 amide bonds. The number of rotatable bonds is 6. The largest absolute Gasteiger partial charge is 0.383 e. The fourth-order valence-electron chi connectivity index (χ4n) is 2.61. The zero-order valence-corrected chi connectivity index (χ0v) is 23.5. The lowest BCUT2D eigenvalue weighted by Gasteiger charge is -2.08. The van der Waals surface area contributed by atoms with Gasteiger partial charge < -0.3 is 10.1 Å². The van der Waals surface area contributed by atoms with Crippen LogP contribution < -0.4 is 5.32 Å². The molecular formula is C19H21Br4NO2PS. The molecule has 3 aromatic rings. The Morgan fingerprint density at radius 2 is 1.82 bits per heavy atom. The molecular weight excluding hydrogens is 657 g/mol. The molecule has 1 aromatic heterocycles. The predicted molar refractivity (Wildman–Crippen MR) is 142 cm³/mol. The van der Waals surface area contributed by atoms with Crippen molar-refractivity contribution in [1.82, 2.24) is 5.32 Å². The number of thiophene rings is 1. The summed E-state index contributed by atoms with van der Waals surface area (Å²) in [6.45, 7) is 1.02. The Hall–Kier alpha value is 0.180. The molecule has 0 unspecified atom stereocenters. The second kappa shape index (κ2) is 15.1. The molecule has 0 saturated heterocycles. The molecule has 3 rings (SSSR count). The fraction of sp³-hybridized carbons (Fsp3) is 0.211. The summed E-state index contributed by atoms with van der Waals surface area (Å²) in [4.78, 5) is 13.5. The van der Waals surface area contributed by atoms with Crippen molar-refractivity contribution in [3.8, 4) is 11.1 Å². The number of carbonyl (C=O) groups excluding carboxylic acids is 1. The highest BCUT2D eigenvalue weighted by Crippen LogP contribution is 2.35. The lowest BCUT2D eigenvalue weighted by Crippen LogP contribution is -2.26. The minimum absolute atomic E-state index is 0. The van der Waals surface area contributed by atoms with Crippen LogP contribution in [-0.2, 0) is 10.1 Å². The number of hydrogen-bond donors (Lipinski definition) is 1. The summed E-state index contributed by atoms with van der Waals surface area (Å²) in [6.07, 6.45) is 0. The summed E-state index contributed by atoms with van der Waals surface area (Å²) in [7, 11) is 1.62. The van der Waals surface area contributed by atoms with Crippen LogP contribution in [0.5, 0.6) is 0 Å². The van der Waals surface area contributed by atoms with E-state index < -0.39 is 0 Å². The van der Waals surface area contributed by atoms with E-state index in [4.69, 9.17) is 4.74 Å². The zero-order chi connectivity index (χ0) is 16.9. The summed E-state index contributed by atoms with van der Waals surface area (Å²) >= 11 is 5.31. The van der Waals surface area contributed by atoms with Crippen LogP contribution in [0, 0.1) is 0 Å². The maximum absolute atomic E-state index is 12.2. The molecule has 28 heavy (non-hydrogen) atoms. The molecule has 0 spiro atoms. The van der Waals surface area contributed by atoms with Crippen molar-refractivity contribution in [3.63, 3.8) is 0 Å². The van der Waals surface area contributed by atoms with Gasteiger partial charge in [-0.2, -0.15) is 0 Å². The second-order valence-corrected chi connectivity index (χ2v) is 7.10. The molecule has 153 valence electrons. The van der Waals surface area contributed by atoms with E-state index in [2.05, 4.69) is 45.5 Å². The highest BCUT2D eigenvalue weighted by molar-refractivity contribution is 9.08. The minimum atomic E-state index is -0.0756. The van der Waals surface area contributed by atoms with Crippen molar-refractivity contribution in [2.75, 3.05) is 20.3 Å². The Labute approximate surface area is 213 Å². The Balaban J connectivity index is 0. The maximum atomic E-state index is 12.2. The predicted octanol–water partition coefficient (Wildman–Crippen LogP) is 7.43. The van der Waals surface area contributed by atoms with Gasteiger partial charge in [-0.1, -0.05) is 46.3 Å². The molecule has 0 aliphatic rings. The summed E-state index contributed by atoms with van der Waals surface area (Å²) < 4.78 is 6.22. The van der Waals surface area contributed by atoms with E-state index in [0.29, 0.717) is 18.7 Å². The molecule has 0 atom stereocenters. The number of carbonyl (C=O) groups is 1. The van der Waals surface area contributed by atoms with Gasteiger partial charge >= 0.3 is 0 Å². The number of nitrogens with one attached hydrogen (secondary N) is 1. The normalized spacial score (nSPS) is 9.36. The molecule has 9 heteroatoms. The number of hydrogen-bond acceptors (Lipinski definition) is 3. The van der Waals surface area contributed by atoms with Gasteiger partial charge in [0.1, 0.15) is 0 Å². The van der Waals surface area contributed by atoms with Crippen LogP contribution in [-0.4, -0.2) is 26.2 Å². The molecule has 1 heterocycles. The molecule has 3 nitrogen and oxygen atoms in total. The van der Waals surface area contributed by atoms with E-state index in [-0.39, 0.29) is 66.8 Å². The van der Waals surface area contributed by atoms with Crippen LogP contribution >= 0.6 is 88.1 Å². The molecule has 3 radical (unpaired) electrons. The topological polar surface area (TPSA) is 38.3 Å². The fourth-order valence-corrected chi connectivity index (χ4v) is 4.15. The van der Waals surface area contributed by atoms with Crippen LogP contribution in [0.15, 0.2) is 48.5 Å². The summed E-state index contributed by atoms with van der Waals surface area (Å²) in [5.74, 6) is -0.0756. The average molecular weight is 678 g/mol. The average Bonchev–Trinajstić information content (AvgIpc) is 3.05. The quantitative estimate of drug-likeness (QED) is 0.168. The Kier molecular flexibility index (Phi) is 16.3. The van der Waals surface area contributed by atoms with Crippen molar-refractivity contribution in [1.29, 1.82) is 0 Å². The number of fused-ring (bicyclic) bond motifs is 1. The van der Waals surface area contributed by atoms with Gasteiger partial charge in [0.15, 0.2) is 0 Å². The molecule has 0 saturated carbocycles. The third-order valence-electron chi connectivity index (χ3n) is 3.75. The first-order chi connectivity index (χ1) is 11.7. The van der Waals surface area contributed by atoms with Crippen LogP contribution in [0.4, 0.5) is 0 Å². The van der Waals surface area contributed by atoms with Gasteiger partial charge in [0.2, 0.25) is 0 Å². The highest BCUT2D eigenvalue weighted by Gasteiger charge is 2.10. The Morgan fingerprint density at radius 1 is 1.11 bits per heavy atom. The third-order valence-corrected chi connectivity index (χ3v) is 5.91. The van der Waals surface area contributed by atoms with Gasteiger partial charge in [0.25, 0.3) is 5.91 Å².